The molecule has 0 spiro atoms. The number of nitrogen functional groups attached to an aromatic ring is 1. The van der Waals surface area contributed by atoms with Crippen molar-refractivity contribution in [2.24, 2.45) is 11.8 Å². The smallest absolute Gasteiger partial charge is 0.242 e. The maximum atomic E-state index is 13.5. The summed E-state index contributed by atoms with van der Waals surface area (Å²) in [6, 6.07) is 8.01. The molecular weight excluding hydrogens is 657 g/mol. The third kappa shape index (κ3) is 8.98. The van der Waals surface area contributed by atoms with Crippen LogP contribution in [-0.4, -0.2) is 66.7 Å². The predicted octanol–water partition coefficient (Wildman–Crippen LogP) is 8.01. The van der Waals surface area contributed by atoms with Gasteiger partial charge in [-0.15, -0.1) is 11.8 Å². The van der Waals surface area contributed by atoms with Crippen LogP contribution in [0.1, 0.15) is 129 Å². The number of rotatable bonds is 12. The van der Waals surface area contributed by atoms with Gasteiger partial charge in [0.2, 0.25) is 11.8 Å². The molecule has 6 rings (SSSR count). The lowest BCUT2D eigenvalue weighted by Gasteiger charge is -2.27. The number of anilines is 1. The number of para-hydroxylation sites is 1. The number of likely N-dealkylation sites (tertiary alicyclic amines) is 1. The molecule has 3 N–H and O–H groups in total. The number of nitrogens with one attached hydrogen (secondary N) is 1. The summed E-state index contributed by atoms with van der Waals surface area (Å²) in [4.78, 5) is 51.0. The van der Waals surface area contributed by atoms with Crippen molar-refractivity contribution < 1.29 is 14.4 Å². The highest BCUT2D eigenvalue weighted by Gasteiger charge is 2.44. The van der Waals surface area contributed by atoms with E-state index in [1.807, 2.05) is 18.2 Å². The SMILES string of the molecule is CCCCc1nc2c(N)nc3ccccc3c2n1CCCCN1C(=O)CC(SCC2NC(C3CCCCCCCCCCCC3)C(C)C2=O)C1=O. The number of pyridine rings is 1. The number of fused-ring (bicyclic) bond motifs is 3. The number of nitrogens with two attached hydrogens (primary N) is 1. The molecule has 51 heavy (non-hydrogen) atoms. The first-order valence-electron chi connectivity index (χ1n) is 20.2. The minimum absolute atomic E-state index is 0.00510. The Kier molecular flexibility index (Phi) is 13.5. The van der Waals surface area contributed by atoms with Crippen LogP contribution in [0.5, 0.6) is 0 Å². The Morgan fingerprint density at radius 2 is 1.55 bits per heavy atom. The fourth-order valence-electron chi connectivity index (χ4n) is 8.80. The van der Waals surface area contributed by atoms with Crippen LogP contribution in [0.3, 0.4) is 0 Å². The molecule has 2 saturated heterocycles. The molecule has 4 unspecified atom stereocenters. The van der Waals surface area contributed by atoms with E-state index in [1.165, 1.54) is 93.7 Å². The zero-order valence-electron chi connectivity index (χ0n) is 31.0. The van der Waals surface area contributed by atoms with Gasteiger partial charge in [-0.05, 0) is 44.1 Å². The van der Waals surface area contributed by atoms with E-state index < -0.39 is 5.25 Å². The lowest BCUT2D eigenvalue weighted by molar-refractivity contribution is -0.138. The van der Waals surface area contributed by atoms with Crippen molar-refractivity contribution in [1.29, 1.82) is 0 Å². The number of imidazole rings is 1. The van der Waals surface area contributed by atoms with Crippen molar-refractivity contribution in [1.82, 2.24) is 24.8 Å². The molecule has 3 aromatic rings. The van der Waals surface area contributed by atoms with E-state index in [-0.39, 0.29) is 42.0 Å². The molecule has 3 fully saturated rings. The number of hydrogen-bond acceptors (Lipinski definition) is 8. The summed E-state index contributed by atoms with van der Waals surface area (Å²) in [5.41, 5.74) is 8.99. The summed E-state index contributed by atoms with van der Waals surface area (Å²) in [6.07, 6.45) is 20.3. The van der Waals surface area contributed by atoms with Crippen molar-refractivity contribution in [2.75, 3.05) is 18.0 Å². The summed E-state index contributed by atoms with van der Waals surface area (Å²) >= 11 is 1.50. The van der Waals surface area contributed by atoms with Crippen LogP contribution in [-0.2, 0) is 27.3 Å². The molecule has 0 radical (unpaired) electrons. The van der Waals surface area contributed by atoms with Crippen LogP contribution in [0.25, 0.3) is 21.9 Å². The first-order valence-corrected chi connectivity index (χ1v) is 21.2. The lowest BCUT2D eigenvalue weighted by Crippen LogP contribution is -2.39. The van der Waals surface area contributed by atoms with E-state index in [9.17, 15) is 14.4 Å². The summed E-state index contributed by atoms with van der Waals surface area (Å²) < 4.78 is 2.28. The fraction of sp³-hybridized carbons (Fsp3) is 0.683. The number of aryl methyl sites for hydroxylation is 2. The Morgan fingerprint density at radius 1 is 0.882 bits per heavy atom. The van der Waals surface area contributed by atoms with Gasteiger partial charge in [0.1, 0.15) is 11.3 Å². The third-order valence-corrected chi connectivity index (χ3v) is 13.1. The third-order valence-electron chi connectivity index (χ3n) is 11.8. The largest absolute Gasteiger partial charge is 0.382 e. The second kappa shape index (κ2) is 18.2. The molecular formula is C41H60N6O3S. The predicted molar refractivity (Wildman–Crippen MR) is 209 cm³/mol. The van der Waals surface area contributed by atoms with Gasteiger partial charge in [-0.25, -0.2) is 9.97 Å². The zero-order chi connectivity index (χ0) is 35.7. The number of benzene rings is 1. The number of hydrogen-bond donors (Lipinski definition) is 2. The zero-order valence-corrected chi connectivity index (χ0v) is 31.9. The number of thioether (sulfide) groups is 1. The molecule has 0 bridgehead atoms. The molecule has 2 aromatic heterocycles. The fourth-order valence-corrected chi connectivity index (χ4v) is 10.0. The lowest BCUT2D eigenvalue weighted by atomic mass is 9.83. The van der Waals surface area contributed by atoms with Crippen LogP contribution in [0, 0.1) is 11.8 Å². The number of amides is 2. The van der Waals surface area contributed by atoms with Crippen molar-refractivity contribution in [2.45, 2.75) is 153 Å². The maximum Gasteiger partial charge on any atom is 0.242 e. The van der Waals surface area contributed by atoms with Crippen LogP contribution in [0.4, 0.5) is 5.82 Å². The van der Waals surface area contributed by atoms with Gasteiger partial charge in [0.25, 0.3) is 0 Å². The van der Waals surface area contributed by atoms with Gasteiger partial charge in [-0.3, -0.25) is 19.3 Å². The number of imide groups is 1. The monoisotopic (exact) mass is 716 g/mol. The van der Waals surface area contributed by atoms with Crippen LogP contribution in [0.2, 0.25) is 0 Å². The molecule has 278 valence electrons. The molecule has 2 aliphatic heterocycles. The number of unbranched alkanes of at least 4 members (excludes halogenated alkanes) is 2. The van der Waals surface area contributed by atoms with E-state index in [1.54, 1.807) is 0 Å². The molecule has 1 saturated carbocycles. The second-order valence-corrected chi connectivity index (χ2v) is 16.7. The average Bonchev–Trinajstić information content (AvgIpc) is 3.74. The Hall–Kier alpha value is -2.98. The van der Waals surface area contributed by atoms with Gasteiger partial charge in [-0.1, -0.05) is 103 Å². The van der Waals surface area contributed by atoms with Crippen LogP contribution < -0.4 is 11.1 Å². The molecule has 3 aliphatic rings. The quantitative estimate of drug-likeness (QED) is 0.143. The van der Waals surface area contributed by atoms with Gasteiger partial charge < -0.3 is 15.6 Å². The molecule has 9 nitrogen and oxygen atoms in total. The molecule has 1 aliphatic carbocycles. The first kappa shape index (κ1) is 37.8. The summed E-state index contributed by atoms with van der Waals surface area (Å²) in [6.45, 7) is 5.42. The Balaban J connectivity index is 1.02. The van der Waals surface area contributed by atoms with Gasteiger partial charge in [0.15, 0.2) is 11.6 Å². The van der Waals surface area contributed by atoms with E-state index in [2.05, 4.69) is 34.8 Å². The van der Waals surface area contributed by atoms with Gasteiger partial charge in [0.05, 0.1) is 22.3 Å². The maximum absolute atomic E-state index is 13.5. The average molecular weight is 717 g/mol. The molecule has 4 heterocycles. The van der Waals surface area contributed by atoms with E-state index in [4.69, 9.17) is 10.7 Å². The van der Waals surface area contributed by atoms with Crippen molar-refractivity contribution in [3.8, 4) is 0 Å². The summed E-state index contributed by atoms with van der Waals surface area (Å²) in [7, 11) is 0. The van der Waals surface area contributed by atoms with E-state index in [0.29, 0.717) is 30.5 Å². The first-order chi connectivity index (χ1) is 24.9. The van der Waals surface area contributed by atoms with Gasteiger partial charge >= 0.3 is 0 Å². The second-order valence-electron chi connectivity index (χ2n) is 15.4. The van der Waals surface area contributed by atoms with E-state index >= 15 is 0 Å². The minimum atomic E-state index is -0.410. The highest BCUT2D eigenvalue weighted by Crippen LogP contribution is 2.34. The van der Waals surface area contributed by atoms with Gasteiger partial charge in [0, 0.05) is 49.0 Å². The van der Waals surface area contributed by atoms with Crippen LogP contribution in [0.15, 0.2) is 24.3 Å². The van der Waals surface area contributed by atoms with Crippen molar-refractivity contribution >= 4 is 57.1 Å². The Labute approximate surface area is 308 Å². The Bertz CT molecular complexity index is 1640. The van der Waals surface area contributed by atoms with Gasteiger partial charge in [-0.2, -0.15) is 0 Å². The highest BCUT2D eigenvalue weighted by molar-refractivity contribution is 8.00. The summed E-state index contributed by atoms with van der Waals surface area (Å²) in [5.74, 6) is 2.61. The topological polar surface area (TPSA) is 123 Å². The number of aromatic nitrogens is 3. The number of Topliss-reactive ketones (excluding diaryl/α,β-unsaturated/α-hetero) is 1. The minimum Gasteiger partial charge on any atom is -0.382 e. The van der Waals surface area contributed by atoms with E-state index in [0.717, 1.165) is 60.0 Å². The molecule has 4 atom stereocenters. The number of ketones is 1. The Morgan fingerprint density at radius 3 is 2.25 bits per heavy atom. The normalized spacial score (nSPS) is 24.7. The molecule has 1 aromatic carbocycles. The standard InChI is InChI=1S/C41H60N6O3S/c1-3-4-23-34-45-37-38(30-21-15-16-22-31(30)44-40(37)42)46(34)24-17-18-25-47-35(48)26-33(41(47)50)51-27-32-39(49)28(2)36(43-32)29-19-13-11-9-7-5-6-8-10-12-14-20-29/h15-16,21-22,28-29,32-33,36,43H,3-14,17-20,23-27H2,1-2H3,(H2,42,44). The number of nitrogens with zero attached hydrogens (tertiary/aromatic N) is 4. The van der Waals surface area contributed by atoms with Crippen molar-refractivity contribution in [3.05, 3.63) is 30.1 Å². The highest BCUT2D eigenvalue weighted by atomic mass is 32.2. The number of carbonyl (C=O) groups excluding carboxylic acids is 3. The number of carbonyl (C=O) groups is 3. The van der Waals surface area contributed by atoms with Crippen molar-refractivity contribution in [3.63, 3.8) is 0 Å². The van der Waals surface area contributed by atoms with Crippen LogP contribution >= 0.6 is 11.8 Å². The molecule has 10 heteroatoms. The summed E-state index contributed by atoms with van der Waals surface area (Å²) in [5, 5.41) is 4.37. The molecule has 2 amide bonds.